The van der Waals surface area contributed by atoms with Crippen molar-refractivity contribution in [1.29, 1.82) is 0 Å². The number of aryl methyl sites for hydroxylation is 1. The summed E-state index contributed by atoms with van der Waals surface area (Å²) in [6.45, 7) is 8.12. The Bertz CT molecular complexity index is 389. The largest absolute Gasteiger partial charge is 0.382 e. The van der Waals surface area contributed by atoms with Gasteiger partial charge in [0.1, 0.15) is 0 Å². The zero-order valence-electron chi connectivity index (χ0n) is 12.9. The average molecular weight is 281 g/mol. The molecule has 0 amide bonds. The zero-order valence-corrected chi connectivity index (χ0v) is 12.9. The second kappa shape index (κ2) is 10.3. The van der Waals surface area contributed by atoms with E-state index in [2.05, 4.69) is 27.6 Å². The number of hydrogen-bond acceptors (Lipinski definition) is 3. The Morgan fingerprint density at radius 2 is 2.20 bits per heavy atom. The summed E-state index contributed by atoms with van der Waals surface area (Å²) in [6, 6.07) is 0. The maximum absolute atomic E-state index is 5.31. The van der Waals surface area contributed by atoms with E-state index in [0.717, 1.165) is 50.7 Å². The number of ether oxygens (including phenoxy) is 1. The van der Waals surface area contributed by atoms with Gasteiger partial charge in [-0.15, -0.1) is 0 Å². The van der Waals surface area contributed by atoms with Crippen LogP contribution in [0.1, 0.15) is 32.3 Å². The number of aliphatic imine (C=N–C) groups is 1. The fraction of sp³-hybridized carbons (Fsp3) is 0.714. The van der Waals surface area contributed by atoms with Crippen molar-refractivity contribution in [3.63, 3.8) is 0 Å². The van der Waals surface area contributed by atoms with Crippen LogP contribution in [0.2, 0.25) is 0 Å². The highest BCUT2D eigenvalue weighted by molar-refractivity contribution is 5.79. The average Bonchev–Trinajstić information content (AvgIpc) is 2.85. The molecule has 0 atom stereocenters. The Balaban J connectivity index is 2.28. The molecule has 1 heterocycles. The molecule has 114 valence electrons. The second-order valence-corrected chi connectivity index (χ2v) is 4.55. The van der Waals surface area contributed by atoms with Crippen LogP contribution in [0.15, 0.2) is 17.4 Å². The van der Waals surface area contributed by atoms with E-state index in [-0.39, 0.29) is 0 Å². The third-order valence-corrected chi connectivity index (χ3v) is 2.73. The Labute approximate surface area is 121 Å². The van der Waals surface area contributed by atoms with Crippen molar-refractivity contribution in [1.82, 2.24) is 20.4 Å². The lowest BCUT2D eigenvalue weighted by atomic mass is 10.3. The van der Waals surface area contributed by atoms with Gasteiger partial charge >= 0.3 is 0 Å². The summed E-state index contributed by atoms with van der Waals surface area (Å²) >= 11 is 0. The molecule has 1 aromatic rings. The van der Waals surface area contributed by atoms with Crippen molar-refractivity contribution in [2.75, 3.05) is 26.3 Å². The molecular weight excluding hydrogens is 254 g/mol. The number of unbranched alkanes of at least 4 members (excludes halogenated alkanes) is 1. The van der Waals surface area contributed by atoms with E-state index < -0.39 is 0 Å². The summed E-state index contributed by atoms with van der Waals surface area (Å²) in [6.07, 6.45) is 5.98. The van der Waals surface area contributed by atoms with Crippen molar-refractivity contribution in [3.8, 4) is 0 Å². The predicted octanol–water partition coefficient (Wildman–Crippen LogP) is 1.29. The summed E-state index contributed by atoms with van der Waals surface area (Å²) in [5.41, 5.74) is 1.11. The lowest BCUT2D eigenvalue weighted by Gasteiger charge is -2.10. The highest BCUT2D eigenvalue weighted by Gasteiger charge is 1.98. The molecule has 6 heteroatoms. The monoisotopic (exact) mass is 281 g/mol. The van der Waals surface area contributed by atoms with E-state index >= 15 is 0 Å². The molecule has 0 saturated heterocycles. The molecule has 0 aromatic carbocycles. The van der Waals surface area contributed by atoms with Gasteiger partial charge in [-0.2, -0.15) is 5.10 Å². The van der Waals surface area contributed by atoms with Crippen LogP contribution in [-0.4, -0.2) is 42.0 Å². The van der Waals surface area contributed by atoms with Crippen molar-refractivity contribution < 1.29 is 4.74 Å². The Morgan fingerprint density at radius 3 is 2.85 bits per heavy atom. The van der Waals surface area contributed by atoms with Gasteiger partial charge in [0, 0.05) is 45.1 Å². The lowest BCUT2D eigenvalue weighted by molar-refractivity contribution is 0.143. The molecule has 0 aliphatic heterocycles. The highest BCUT2D eigenvalue weighted by atomic mass is 16.5. The minimum absolute atomic E-state index is 0.641. The summed E-state index contributed by atoms with van der Waals surface area (Å²) in [7, 11) is 1.91. The van der Waals surface area contributed by atoms with Gasteiger partial charge in [-0.3, -0.25) is 4.68 Å². The number of hydrogen-bond donors (Lipinski definition) is 2. The maximum Gasteiger partial charge on any atom is 0.191 e. The van der Waals surface area contributed by atoms with Crippen LogP contribution in [0.3, 0.4) is 0 Å². The highest BCUT2D eigenvalue weighted by Crippen LogP contribution is 1.98. The Kier molecular flexibility index (Phi) is 8.46. The molecule has 0 unspecified atom stereocenters. The lowest BCUT2D eigenvalue weighted by Crippen LogP contribution is -2.37. The first-order valence-corrected chi connectivity index (χ1v) is 7.33. The SMILES string of the molecule is CCNC(=NCc1cnn(C)c1)NCCCCOCC. The predicted molar refractivity (Wildman–Crippen MR) is 81.8 cm³/mol. The number of nitrogens with one attached hydrogen (secondary N) is 2. The number of aromatic nitrogens is 2. The van der Waals surface area contributed by atoms with E-state index in [1.54, 1.807) is 4.68 Å². The van der Waals surface area contributed by atoms with Crippen molar-refractivity contribution >= 4 is 5.96 Å². The van der Waals surface area contributed by atoms with Crippen LogP contribution in [-0.2, 0) is 18.3 Å². The van der Waals surface area contributed by atoms with Gasteiger partial charge in [0.05, 0.1) is 12.7 Å². The number of guanidine groups is 1. The Morgan fingerprint density at radius 1 is 1.35 bits per heavy atom. The molecule has 0 aliphatic carbocycles. The fourth-order valence-corrected chi connectivity index (χ4v) is 1.75. The number of nitrogens with zero attached hydrogens (tertiary/aromatic N) is 3. The van der Waals surface area contributed by atoms with Crippen LogP contribution in [0, 0.1) is 0 Å². The first-order valence-electron chi connectivity index (χ1n) is 7.33. The van der Waals surface area contributed by atoms with Crippen molar-refractivity contribution in [2.24, 2.45) is 12.0 Å². The van der Waals surface area contributed by atoms with E-state index in [1.807, 2.05) is 26.4 Å². The molecule has 0 spiro atoms. The number of rotatable bonds is 9. The van der Waals surface area contributed by atoms with Gasteiger partial charge in [0.25, 0.3) is 0 Å². The molecule has 0 aliphatic rings. The Hall–Kier alpha value is -1.56. The molecule has 1 aromatic heterocycles. The molecule has 0 bridgehead atoms. The minimum atomic E-state index is 0.641. The van der Waals surface area contributed by atoms with Gasteiger partial charge in [-0.1, -0.05) is 0 Å². The van der Waals surface area contributed by atoms with Crippen LogP contribution >= 0.6 is 0 Å². The third kappa shape index (κ3) is 7.13. The zero-order chi connectivity index (χ0) is 14.6. The van der Waals surface area contributed by atoms with Gasteiger partial charge in [-0.05, 0) is 26.7 Å². The summed E-state index contributed by atoms with van der Waals surface area (Å²) < 4.78 is 7.10. The van der Waals surface area contributed by atoms with E-state index in [4.69, 9.17) is 4.74 Å². The minimum Gasteiger partial charge on any atom is -0.382 e. The molecule has 6 nitrogen and oxygen atoms in total. The second-order valence-electron chi connectivity index (χ2n) is 4.55. The summed E-state index contributed by atoms with van der Waals surface area (Å²) in [4.78, 5) is 4.54. The standard InChI is InChI=1S/C14H27N5O/c1-4-15-14(16-8-6-7-9-20-5-2)17-10-13-11-18-19(3)12-13/h11-12H,4-10H2,1-3H3,(H2,15,16,17). The molecule has 0 radical (unpaired) electrons. The van der Waals surface area contributed by atoms with Gasteiger partial charge in [-0.25, -0.2) is 4.99 Å². The van der Waals surface area contributed by atoms with Crippen molar-refractivity contribution in [2.45, 2.75) is 33.2 Å². The molecule has 0 fully saturated rings. The van der Waals surface area contributed by atoms with Crippen LogP contribution < -0.4 is 10.6 Å². The quantitative estimate of drug-likeness (QED) is 0.407. The van der Waals surface area contributed by atoms with E-state index in [1.165, 1.54) is 0 Å². The van der Waals surface area contributed by atoms with Crippen molar-refractivity contribution in [3.05, 3.63) is 18.0 Å². The van der Waals surface area contributed by atoms with Gasteiger partial charge < -0.3 is 15.4 Å². The van der Waals surface area contributed by atoms with Crippen LogP contribution in [0.4, 0.5) is 0 Å². The molecule has 0 saturated carbocycles. The first-order chi connectivity index (χ1) is 9.76. The van der Waals surface area contributed by atoms with E-state index in [0.29, 0.717) is 6.54 Å². The molecule has 20 heavy (non-hydrogen) atoms. The van der Waals surface area contributed by atoms with Crippen LogP contribution in [0.5, 0.6) is 0 Å². The summed E-state index contributed by atoms with van der Waals surface area (Å²) in [5.74, 6) is 0.854. The third-order valence-electron chi connectivity index (χ3n) is 2.73. The maximum atomic E-state index is 5.31. The van der Waals surface area contributed by atoms with E-state index in [9.17, 15) is 0 Å². The molecule has 2 N–H and O–H groups in total. The molecular formula is C14H27N5O. The summed E-state index contributed by atoms with van der Waals surface area (Å²) in [5, 5.41) is 10.7. The molecule has 1 rings (SSSR count). The van der Waals surface area contributed by atoms with Gasteiger partial charge in [0.2, 0.25) is 0 Å². The first kappa shape index (κ1) is 16.5. The normalized spacial score (nSPS) is 11.7. The smallest absolute Gasteiger partial charge is 0.191 e. The van der Waals surface area contributed by atoms with Crippen LogP contribution in [0.25, 0.3) is 0 Å². The topological polar surface area (TPSA) is 63.5 Å². The van der Waals surface area contributed by atoms with Gasteiger partial charge in [0.15, 0.2) is 5.96 Å². The fourth-order valence-electron chi connectivity index (χ4n) is 1.75.